The molecule has 0 bridgehead atoms. The van der Waals surface area contributed by atoms with E-state index in [2.05, 4.69) is 14.7 Å². The van der Waals surface area contributed by atoms with E-state index in [1.807, 2.05) is 0 Å². The molecular formula is C13H14N2O4S. The number of hydrogen-bond acceptors (Lipinski definition) is 5. The number of Topliss-reactive ketones (excluding diaryl/α,β-unsaturated/α-hetero) is 1. The van der Waals surface area contributed by atoms with Crippen molar-refractivity contribution < 1.29 is 14.3 Å². The lowest BCUT2D eigenvalue weighted by atomic mass is 10.1. The van der Waals surface area contributed by atoms with Gasteiger partial charge in [-0.05, 0) is 18.2 Å². The van der Waals surface area contributed by atoms with Gasteiger partial charge in [0.2, 0.25) is 0 Å². The SMILES string of the molecule is COC(=O)CCSCC(=O)c1ccc2[nH]c(=O)[nH]c2c1. The fourth-order valence-electron chi connectivity index (χ4n) is 1.71. The summed E-state index contributed by atoms with van der Waals surface area (Å²) < 4.78 is 4.52. The number of imidazole rings is 1. The first kappa shape index (κ1) is 14.4. The molecule has 2 rings (SSSR count). The summed E-state index contributed by atoms with van der Waals surface area (Å²) in [6, 6.07) is 5.02. The van der Waals surface area contributed by atoms with Crippen molar-refractivity contribution in [2.45, 2.75) is 6.42 Å². The van der Waals surface area contributed by atoms with Crippen LogP contribution in [0.15, 0.2) is 23.0 Å². The smallest absolute Gasteiger partial charge is 0.323 e. The van der Waals surface area contributed by atoms with Crippen LogP contribution in [0.2, 0.25) is 0 Å². The molecule has 0 saturated carbocycles. The molecule has 2 aromatic rings. The molecule has 0 atom stereocenters. The maximum atomic E-state index is 12.0. The van der Waals surface area contributed by atoms with Gasteiger partial charge in [0.1, 0.15) is 0 Å². The van der Waals surface area contributed by atoms with Gasteiger partial charge >= 0.3 is 11.7 Å². The predicted octanol–water partition coefficient (Wildman–Crippen LogP) is 1.34. The van der Waals surface area contributed by atoms with Crippen LogP contribution < -0.4 is 5.69 Å². The third-order valence-corrected chi connectivity index (χ3v) is 3.71. The summed E-state index contributed by atoms with van der Waals surface area (Å²) in [6.45, 7) is 0. The molecular weight excluding hydrogens is 280 g/mol. The minimum absolute atomic E-state index is 0.0381. The van der Waals surface area contributed by atoms with Crippen LogP contribution in [-0.2, 0) is 9.53 Å². The summed E-state index contributed by atoms with van der Waals surface area (Å²) in [6.07, 6.45) is 0.290. The van der Waals surface area contributed by atoms with Gasteiger partial charge in [-0.25, -0.2) is 4.79 Å². The number of rotatable bonds is 6. The lowest BCUT2D eigenvalue weighted by molar-refractivity contribution is -0.140. The Balaban J connectivity index is 1.93. The number of thioether (sulfide) groups is 1. The number of nitrogens with one attached hydrogen (secondary N) is 2. The molecule has 0 fully saturated rings. The lowest BCUT2D eigenvalue weighted by Gasteiger charge is -2.01. The van der Waals surface area contributed by atoms with Crippen LogP contribution in [0.1, 0.15) is 16.8 Å². The fourth-order valence-corrected chi connectivity index (χ4v) is 2.52. The normalized spacial score (nSPS) is 10.7. The van der Waals surface area contributed by atoms with Gasteiger partial charge in [-0.2, -0.15) is 11.8 Å². The number of carbonyl (C=O) groups is 2. The van der Waals surface area contributed by atoms with Gasteiger partial charge in [0, 0.05) is 11.3 Å². The number of methoxy groups -OCH3 is 1. The Morgan fingerprint density at radius 1 is 1.25 bits per heavy atom. The van der Waals surface area contributed by atoms with E-state index in [9.17, 15) is 14.4 Å². The molecule has 0 unspecified atom stereocenters. The van der Waals surface area contributed by atoms with Crippen molar-refractivity contribution in [1.82, 2.24) is 9.97 Å². The Hall–Kier alpha value is -2.02. The Kier molecular flexibility index (Phi) is 4.62. The zero-order valence-electron chi connectivity index (χ0n) is 10.9. The Morgan fingerprint density at radius 2 is 2.00 bits per heavy atom. The Bertz CT molecular complexity index is 689. The number of ether oxygens (including phenoxy) is 1. The minimum atomic E-state index is -0.294. The summed E-state index contributed by atoms with van der Waals surface area (Å²) in [5, 5.41) is 0. The van der Waals surface area contributed by atoms with E-state index in [1.54, 1.807) is 18.2 Å². The molecule has 0 aliphatic rings. The third kappa shape index (κ3) is 3.51. The molecule has 1 aromatic carbocycles. The van der Waals surface area contributed by atoms with Crippen molar-refractivity contribution >= 4 is 34.5 Å². The van der Waals surface area contributed by atoms with Gasteiger partial charge in [0.15, 0.2) is 5.78 Å². The monoisotopic (exact) mass is 294 g/mol. The summed E-state index contributed by atoms with van der Waals surface area (Å²) >= 11 is 1.38. The van der Waals surface area contributed by atoms with Gasteiger partial charge in [-0.15, -0.1) is 0 Å². The zero-order chi connectivity index (χ0) is 14.5. The molecule has 7 heteroatoms. The highest BCUT2D eigenvalue weighted by Crippen LogP contribution is 2.13. The number of benzene rings is 1. The quantitative estimate of drug-likeness (QED) is 0.476. The molecule has 1 aromatic heterocycles. The van der Waals surface area contributed by atoms with E-state index in [0.29, 0.717) is 28.8 Å². The molecule has 106 valence electrons. The number of ketones is 1. The summed E-state index contributed by atoms with van der Waals surface area (Å²) in [4.78, 5) is 39.2. The molecule has 6 nitrogen and oxygen atoms in total. The van der Waals surface area contributed by atoms with Crippen LogP contribution in [0.5, 0.6) is 0 Å². The van der Waals surface area contributed by atoms with Crippen molar-refractivity contribution in [3.8, 4) is 0 Å². The topological polar surface area (TPSA) is 92.0 Å². The van der Waals surface area contributed by atoms with Crippen LogP contribution >= 0.6 is 11.8 Å². The van der Waals surface area contributed by atoms with Gasteiger partial charge in [0.25, 0.3) is 0 Å². The highest BCUT2D eigenvalue weighted by Gasteiger charge is 2.09. The summed E-state index contributed by atoms with van der Waals surface area (Å²) in [5.74, 6) is 0.513. The largest absolute Gasteiger partial charge is 0.469 e. The van der Waals surface area contributed by atoms with E-state index in [4.69, 9.17) is 0 Å². The van der Waals surface area contributed by atoms with E-state index >= 15 is 0 Å². The molecule has 0 aliphatic heterocycles. The maximum Gasteiger partial charge on any atom is 0.323 e. The second-order valence-corrected chi connectivity index (χ2v) is 5.25. The average Bonchev–Trinajstić information content (AvgIpc) is 2.81. The number of H-pyrrole nitrogens is 2. The van der Waals surface area contributed by atoms with E-state index in [0.717, 1.165) is 0 Å². The third-order valence-electron chi connectivity index (χ3n) is 2.75. The second kappa shape index (κ2) is 6.42. The van der Waals surface area contributed by atoms with E-state index in [1.165, 1.54) is 18.9 Å². The standard InChI is InChI=1S/C13H14N2O4S/c1-19-12(17)4-5-20-7-11(16)8-2-3-9-10(6-8)15-13(18)14-9/h2-3,6H,4-5,7H2,1H3,(H2,14,15,18). The van der Waals surface area contributed by atoms with E-state index < -0.39 is 0 Å². The average molecular weight is 294 g/mol. The Morgan fingerprint density at radius 3 is 2.75 bits per heavy atom. The molecule has 1 heterocycles. The lowest BCUT2D eigenvalue weighted by Crippen LogP contribution is -2.05. The maximum absolute atomic E-state index is 12.0. The molecule has 0 radical (unpaired) electrons. The van der Waals surface area contributed by atoms with E-state index in [-0.39, 0.29) is 23.2 Å². The summed E-state index contributed by atoms with van der Waals surface area (Å²) in [5.41, 5.74) is 1.53. The molecule has 0 aliphatic carbocycles. The number of fused-ring (bicyclic) bond motifs is 1. The fraction of sp³-hybridized carbons (Fsp3) is 0.308. The van der Waals surface area contributed by atoms with Crippen molar-refractivity contribution in [2.24, 2.45) is 0 Å². The van der Waals surface area contributed by atoms with Gasteiger partial charge in [-0.1, -0.05) is 0 Å². The van der Waals surface area contributed by atoms with Crippen molar-refractivity contribution in [1.29, 1.82) is 0 Å². The molecule has 2 N–H and O–H groups in total. The van der Waals surface area contributed by atoms with Crippen molar-refractivity contribution in [3.05, 3.63) is 34.2 Å². The number of aromatic amines is 2. The Labute approximate surface area is 118 Å². The van der Waals surface area contributed by atoms with Gasteiger partial charge in [0.05, 0.1) is 30.3 Å². The van der Waals surface area contributed by atoms with Crippen LogP contribution in [0, 0.1) is 0 Å². The molecule has 0 amide bonds. The predicted molar refractivity (Wildman–Crippen MR) is 77.2 cm³/mol. The summed E-state index contributed by atoms with van der Waals surface area (Å²) in [7, 11) is 1.34. The number of carbonyl (C=O) groups excluding carboxylic acids is 2. The molecule has 0 saturated heterocycles. The van der Waals surface area contributed by atoms with Crippen LogP contribution in [0.25, 0.3) is 11.0 Å². The molecule has 0 spiro atoms. The second-order valence-electron chi connectivity index (χ2n) is 4.14. The van der Waals surface area contributed by atoms with Gasteiger partial charge < -0.3 is 14.7 Å². The van der Waals surface area contributed by atoms with Crippen LogP contribution in [0.3, 0.4) is 0 Å². The highest BCUT2D eigenvalue weighted by molar-refractivity contribution is 8.00. The zero-order valence-corrected chi connectivity index (χ0v) is 11.7. The van der Waals surface area contributed by atoms with Crippen LogP contribution in [0.4, 0.5) is 0 Å². The minimum Gasteiger partial charge on any atom is -0.469 e. The highest BCUT2D eigenvalue weighted by atomic mass is 32.2. The first-order valence-electron chi connectivity index (χ1n) is 6.00. The number of hydrogen-bond donors (Lipinski definition) is 2. The van der Waals surface area contributed by atoms with Crippen LogP contribution in [-0.4, -0.2) is 40.3 Å². The van der Waals surface area contributed by atoms with Gasteiger partial charge in [-0.3, -0.25) is 9.59 Å². The first-order chi connectivity index (χ1) is 9.60. The first-order valence-corrected chi connectivity index (χ1v) is 7.15. The number of aromatic nitrogens is 2. The number of esters is 1. The molecule has 20 heavy (non-hydrogen) atoms. The van der Waals surface area contributed by atoms with Crippen molar-refractivity contribution in [2.75, 3.05) is 18.6 Å². The van der Waals surface area contributed by atoms with Crippen molar-refractivity contribution in [3.63, 3.8) is 0 Å².